The Hall–Kier alpha value is -2.48. The molecule has 1 heterocycles. The van der Waals surface area contributed by atoms with Gasteiger partial charge in [-0.2, -0.15) is 13.2 Å². The highest BCUT2D eigenvalue weighted by molar-refractivity contribution is 6.16. The summed E-state index contributed by atoms with van der Waals surface area (Å²) in [5, 5.41) is 2.56. The lowest BCUT2D eigenvalue weighted by molar-refractivity contribution is -0.128. The predicted molar refractivity (Wildman–Crippen MR) is 97.9 cm³/mol. The number of carbonyl (C=O) groups excluding carboxylic acids is 2. The molecule has 1 aromatic rings. The van der Waals surface area contributed by atoms with Crippen molar-refractivity contribution in [1.82, 2.24) is 0 Å². The number of alkyl halides is 3. The maximum Gasteiger partial charge on any atom is 0.433 e. The van der Waals surface area contributed by atoms with Gasteiger partial charge < -0.3 is 10.1 Å². The first-order valence-corrected chi connectivity index (χ1v) is 9.22. The highest BCUT2D eigenvalue weighted by Gasteiger charge is 2.38. The average molecular weight is 394 g/mol. The van der Waals surface area contributed by atoms with Crippen LogP contribution >= 0.6 is 0 Å². The lowest BCUT2D eigenvalue weighted by Crippen LogP contribution is -2.33. The summed E-state index contributed by atoms with van der Waals surface area (Å²) >= 11 is 0. The molecule has 8 heteroatoms. The highest BCUT2D eigenvalue weighted by atomic mass is 19.4. The molecule has 1 aromatic carbocycles. The number of benzene rings is 1. The van der Waals surface area contributed by atoms with Gasteiger partial charge in [-0.25, -0.2) is 4.99 Å². The Balaban J connectivity index is 1.58. The molecule has 150 valence electrons. The van der Waals surface area contributed by atoms with Crippen molar-refractivity contribution in [2.24, 2.45) is 10.9 Å². The Labute approximate surface area is 160 Å². The second-order valence-electron chi connectivity index (χ2n) is 6.93. The monoisotopic (exact) mass is 394 g/mol. The van der Waals surface area contributed by atoms with E-state index in [4.69, 9.17) is 4.74 Å². The molecule has 28 heavy (non-hydrogen) atoms. The van der Waals surface area contributed by atoms with Crippen LogP contribution in [0.25, 0.3) is 0 Å². The molecule has 5 nitrogen and oxygen atoms in total. The number of allylic oxidation sites excluding steroid dienone is 1. The molecular formula is C20H21F3N2O3. The smallest absolute Gasteiger partial charge is 0.374 e. The molecule has 1 aliphatic carbocycles. The summed E-state index contributed by atoms with van der Waals surface area (Å²) in [7, 11) is 0. The Morgan fingerprint density at radius 1 is 1.21 bits per heavy atom. The van der Waals surface area contributed by atoms with Gasteiger partial charge in [0, 0.05) is 5.69 Å². The zero-order chi connectivity index (χ0) is 20.1. The van der Waals surface area contributed by atoms with E-state index in [9.17, 15) is 22.8 Å². The van der Waals surface area contributed by atoms with Crippen molar-refractivity contribution in [3.63, 3.8) is 0 Å². The van der Waals surface area contributed by atoms with Crippen LogP contribution in [0.4, 0.5) is 18.9 Å². The SMILES string of the molecule is O=C1N=C(C(F)(F)F)C=CC1C(=O)Nc1cccc(COC2CCCCC2)c1. The van der Waals surface area contributed by atoms with Crippen LogP contribution in [0.5, 0.6) is 0 Å². The minimum absolute atomic E-state index is 0.248. The number of halogens is 3. The van der Waals surface area contributed by atoms with Gasteiger partial charge in [-0.3, -0.25) is 9.59 Å². The topological polar surface area (TPSA) is 67.8 Å². The van der Waals surface area contributed by atoms with Crippen LogP contribution in [0, 0.1) is 5.92 Å². The summed E-state index contributed by atoms with van der Waals surface area (Å²) in [4.78, 5) is 27.1. The van der Waals surface area contributed by atoms with Crippen LogP contribution in [0.2, 0.25) is 0 Å². The highest BCUT2D eigenvalue weighted by Crippen LogP contribution is 2.24. The van der Waals surface area contributed by atoms with Crippen LogP contribution < -0.4 is 5.32 Å². The van der Waals surface area contributed by atoms with Crippen molar-refractivity contribution >= 4 is 23.2 Å². The van der Waals surface area contributed by atoms with Crippen molar-refractivity contribution in [3.05, 3.63) is 42.0 Å². The molecule has 2 amide bonds. The summed E-state index contributed by atoms with van der Waals surface area (Å²) in [6, 6.07) is 6.98. The molecule has 1 saturated carbocycles. The number of carbonyl (C=O) groups is 2. The number of hydrogen-bond donors (Lipinski definition) is 1. The lowest BCUT2D eigenvalue weighted by Gasteiger charge is -2.22. The van der Waals surface area contributed by atoms with E-state index in [2.05, 4.69) is 10.3 Å². The minimum Gasteiger partial charge on any atom is -0.374 e. The molecule has 1 unspecified atom stereocenters. The molecule has 1 aliphatic heterocycles. The number of rotatable bonds is 5. The fraction of sp³-hybridized carbons (Fsp3) is 0.450. The van der Waals surface area contributed by atoms with E-state index in [-0.39, 0.29) is 6.10 Å². The molecular weight excluding hydrogens is 373 g/mol. The number of amides is 2. The van der Waals surface area contributed by atoms with Crippen molar-refractivity contribution < 1.29 is 27.5 Å². The first-order valence-electron chi connectivity index (χ1n) is 9.22. The van der Waals surface area contributed by atoms with Crippen molar-refractivity contribution in [2.45, 2.75) is 51.0 Å². The number of anilines is 1. The number of ether oxygens (including phenoxy) is 1. The Morgan fingerprint density at radius 3 is 2.64 bits per heavy atom. The summed E-state index contributed by atoms with van der Waals surface area (Å²) < 4.78 is 43.7. The molecule has 3 rings (SSSR count). The van der Waals surface area contributed by atoms with Gasteiger partial charge in [-0.15, -0.1) is 0 Å². The standard InChI is InChI=1S/C20H21F3N2O3/c21-20(22,23)17-10-9-16(19(27)25-17)18(26)24-14-6-4-5-13(11-14)12-28-15-7-2-1-3-8-15/h4-6,9-11,15-16H,1-3,7-8,12H2,(H,24,26). The van der Waals surface area contributed by atoms with E-state index in [1.165, 1.54) is 19.3 Å². The van der Waals surface area contributed by atoms with E-state index in [0.29, 0.717) is 18.4 Å². The lowest BCUT2D eigenvalue weighted by atomic mass is 9.98. The molecule has 0 radical (unpaired) electrons. The number of nitrogens with zero attached hydrogens (tertiary/aromatic N) is 1. The van der Waals surface area contributed by atoms with Gasteiger partial charge in [0.25, 0.3) is 5.91 Å². The van der Waals surface area contributed by atoms with Crippen LogP contribution in [-0.4, -0.2) is 29.8 Å². The second kappa shape index (κ2) is 8.68. The molecule has 1 fully saturated rings. The van der Waals surface area contributed by atoms with Gasteiger partial charge in [-0.1, -0.05) is 37.5 Å². The third-order valence-electron chi connectivity index (χ3n) is 4.75. The van der Waals surface area contributed by atoms with Crippen molar-refractivity contribution in [1.29, 1.82) is 0 Å². The number of nitrogens with one attached hydrogen (secondary N) is 1. The quantitative estimate of drug-likeness (QED) is 0.762. The van der Waals surface area contributed by atoms with Gasteiger partial charge in [0.1, 0.15) is 11.6 Å². The average Bonchev–Trinajstić information content (AvgIpc) is 2.66. The Morgan fingerprint density at radius 2 is 1.96 bits per heavy atom. The molecule has 0 aromatic heterocycles. The fourth-order valence-corrected chi connectivity index (χ4v) is 3.26. The molecule has 2 aliphatic rings. The van der Waals surface area contributed by atoms with Crippen LogP contribution in [-0.2, 0) is 20.9 Å². The Bertz CT molecular complexity index is 796. The first kappa shape index (κ1) is 20.3. The number of hydrogen-bond acceptors (Lipinski definition) is 3. The maximum atomic E-state index is 12.6. The third-order valence-corrected chi connectivity index (χ3v) is 4.75. The number of dihydropyridines is 1. The van der Waals surface area contributed by atoms with Gasteiger partial charge in [0.05, 0.1) is 12.7 Å². The Kier molecular flexibility index (Phi) is 6.28. The van der Waals surface area contributed by atoms with Crippen molar-refractivity contribution in [2.75, 3.05) is 5.32 Å². The van der Waals surface area contributed by atoms with Gasteiger partial charge >= 0.3 is 6.18 Å². The second-order valence-corrected chi connectivity index (χ2v) is 6.93. The predicted octanol–water partition coefficient (Wildman–Crippen LogP) is 4.19. The normalized spacial score (nSPS) is 20.8. The first-order chi connectivity index (χ1) is 13.3. The maximum absolute atomic E-state index is 12.6. The zero-order valence-corrected chi connectivity index (χ0v) is 15.2. The van der Waals surface area contributed by atoms with E-state index in [1.807, 2.05) is 6.07 Å². The number of aliphatic imine (C=N–C) groups is 1. The van der Waals surface area contributed by atoms with Crippen LogP contribution in [0.3, 0.4) is 0 Å². The van der Waals surface area contributed by atoms with Crippen LogP contribution in [0.15, 0.2) is 41.4 Å². The molecule has 1 atom stereocenters. The zero-order valence-electron chi connectivity index (χ0n) is 15.2. The summed E-state index contributed by atoms with van der Waals surface area (Å²) in [6.07, 6.45) is 2.77. The van der Waals surface area contributed by atoms with E-state index in [1.54, 1.807) is 18.2 Å². The third kappa shape index (κ3) is 5.28. The fourth-order valence-electron chi connectivity index (χ4n) is 3.26. The largest absolute Gasteiger partial charge is 0.433 e. The van der Waals surface area contributed by atoms with Crippen molar-refractivity contribution in [3.8, 4) is 0 Å². The molecule has 1 N–H and O–H groups in total. The minimum atomic E-state index is -4.72. The van der Waals surface area contributed by atoms with Crippen LogP contribution in [0.1, 0.15) is 37.7 Å². The van der Waals surface area contributed by atoms with E-state index in [0.717, 1.165) is 24.5 Å². The van der Waals surface area contributed by atoms with Gasteiger partial charge in [0.15, 0.2) is 0 Å². The van der Waals surface area contributed by atoms with E-state index < -0.39 is 29.6 Å². The summed E-state index contributed by atoms with van der Waals surface area (Å²) in [5.74, 6) is -3.24. The van der Waals surface area contributed by atoms with E-state index >= 15 is 0 Å². The van der Waals surface area contributed by atoms with Gasteiger partial charge in [0.2, 0.25) is 5.91 Å². The molecule has 0 spiro atoms. The van der Waals surface area contributed by atoms with Gasteiger partial charge in [-0.05, 0) is 36.6 Å². The summed E-state index contributed by atoms with van der Waals surface area (Å²) in [5.41, 5.74) is 0.0104. The molecule has 0 bridgehead atoms. The molecule has 0 saturated heterocycles. The summed E-state index contributed by atoms with van der Waals surface area (Å²) in [6.45, 7) is 0.413.